The van der Waals surface area contributed by atoms with Crippen LogP contribution in [0.25, 0.3) is 0 Å². The summed E-state index contributed by atoms with van der Waals surface area (Å²) in [5.41, 5.74) is 0.311. The van der Waals surface area contributed by atoms with Gasteiger partial charge in [-0.05, 0) is 54.1 Å². The van der Waals surface area contributed by atoms with Crippen molar-refractivity contribution >= 4 is 40.2 Å². The highest BCUT2D eigenvalue weighted by Gasteiger charge is 2.41. The maximum atomic E-state index is 13.0. The topological polar surface area (TPSA) is 125 Å². The van der Waals surface area contributed by atoms with Gasteiger partial charge in [0.2, 0.25) is 11.7 Å². The molecule has 0 bridgehead atoms. The third-order valence-electron chi connectivity index (χ3n) is 5.43. The summed E-state index contributed by atoms with van der Waals surface area (Å²) in [5.74, 6) is -1.17. The molecule has 1 aromatic carbocycles. The predicted molar refractivity (Wildman–Crippen MR) is 134 cm³/mol. The standard InChI is InChI=1S/C24H33IN2O7/c1-3-19(29)24(32)27(11-7-13-33-4-2)18-14-16(23(31)26-10-12-28)15-21(22(18)30)34-20-9-6-5-8-17(20)25/h5-6,8-9,15,18,21-22,28,30H,3-4,7,10-14H2,1-2H3,(H,26,31). The van der Waals surface area contributed by atoms with Crippen LogP contribution in [0.2, 0.25) is 0 Å². The summed E-state index contributed by atoms with van der Waals surface area (Å²) in [7, 11) is 0. The molecule has 0 aliphatic heterocycles. The normalized spacial score (nSPS) is 19.8. The highest BCUT2D eigenvalue weighted by atomic mass is 127. The average molecular weight is 588 g/mol. The minimum Gasteiger partial charge on any atom is -0.482 e. The first-order chi connectivity index (χ1) is 16.3. The molecule has 2 amide bonds. The molecular formula is C24H33IN2O7. The molecule has 0 spiro atoms. The van der Waals surface area contributed by atoms with Crippen LogP contribution in [-0.2, 0) is 19.1 Å². The van der Waals surface area contributed by atoms with E-state index in [1.807, 2.05) is 19.1 Å². The summed E-state index contributed by atoms with van der Waals surface area (Å²) in [6.07, 6.45) is -0.0129. The van der Waals surface area contributed by atoms with E-state index in [4.69, 9.17) is 14.6 Å². The number of carbonyl (C=O) groups excluding carboxylic acids is 3. The molecule has 1 aliphatic rings. The second-order valence-corrected chi connectivity index (χ2v) is 8.93. The number of carbonyl (C=O) groups is 3. The van der Waals surface area contributed by atoms with E-state index in [0.29, 0.717) is 31.0 Å². The van der Waals surface area contributed by atoms with Gasteiger partial charge in [0.1, 0.15) is 18.0 Å². The number of benzene rings is 1. The second kappa shape index (κ2) is 14.4. The van der Waals surface area contributed by atoms with E-state index >= 15 is 0 Å². The van der Waals surface area contributed by atoms with Crippen LogP contribution in [-0.4, -0.2) is 83.9 Å². The van der Waals surface area contributed by atoms with Gasteiger partial charge in [0.05, 0.1) is 16.2 Å². The van der Waals surface area contributed by atoms with Crippen LogP contribution in [0.3, 0.4) is 0 Å². The van der Waals surface area contributed by atoms with Gasteiger partial charge in [-0.2, -0.15) is 0 Å². The predicted octanol–water partition coefficient (Wildman–Crippen LogP) is 1.44. The Balaban J connectivity index is 2.38. The van der Waals surface area contributed by atoms with Gasteiger partial charge in [-0.15, -0.1) is 0 Å². The largest absolute Gasteiger partial charge is 0.482 e. The Labute approximate surface area is 213 Å². The molecule has 0 fully saturated rings. The van der Waals surface area contributed by atoms with Gasteiger partial charge in [0.15, 0.2) is 0 Å². The lowest BCUT2D eigenvalue weighted by Gasteiger charge is -2.40. The van der Waals surface area contributed by atoms with E-state index in [-0.39, 0.29) is 32.5 Å². The highest BCUT2D eigenvalue weighted by molar-refractivity contribution is 14.1. The lowest BCUT2D eigenvalue weighted by molar-refractivity contribution is -0.149. The summed E-state index contributed by atoms with van der Waals surface area (Å²) < 4.78 is 12.3. The first kappa shape index (κ1) is 28.2. The Bertz CT molecular complexity index is 877. The van der Waals surface area contributed by atoms with Crippen LogP contribution in [0.1, 0.15) is 33.1 Å². The van der Waals surface area contributed by atoms with Gasteiger partial charge in [-0.1, -0.05) is 19.1 Å². The molecule has 0 saturated carbocycles. The van der Waals surface area contributed by atoms with Crippen LogP contribution in [0.5, 0.6) is 5.75 Å². The number of Topliss-reactive ketones (excluding diaryl/α,β-unsaturated/α-hetero) is 1. The van der Waals surface area contributed by atoms with Crippen molar-refractivity contribution < 1.29 is 34.1 Å². The Morgan fingerprint density at radius 1 is 1.24 bits per heavy atom. The minimum absolute atomic E-state index is 0.0332. The molecule has 2 rings (SSSR count). The van der Waals surface area contributed by atoms with Crippen LogP contribution < -0.4 is 10.1 Å². The highest BCUT2D eigenvalue weighted by Crippen LogP contribution is 2.30. The van der Waals surface area contributed by atoms with E-state index < -0.39 is 35.8 Å². The van der Waals surface area contributed by atoms with Crippen molar-refractivity contribution in [2.45, 2.75) is 51.4 Å². The molecule has 188 valence electrons. The zero-order valence-corrected chi connectivity index (χ0v) is 21.7. The molecule has 0 radical (unpaired) electrons. The molecule has 3 N–H and O–H groups in total. The van der Waals surface area contributed by atoms with Crippen molar-refractivity contribution in [1.82, 2.24) is 10.2 Å². The van der Waals surface area contributed by atoms with Crippen molar-refractivity contribution in [3.05, 3.63) is 39.5 Å². The number of aliphatic hydroxyl groups is 2. The molecule has 0 heterocycles. The molecule has 0 saturated heterocycles. The van der Waals surface area contributed by atoms with Gasteiger partial charge in [0, 0.05) is 44.7 Å². The smallest absolute Gasteiger partial charge is 0.290 e. The number of rotatable bonds is 13. The average Bonchev–Trinajstić information content (AvgIpc) is 2.84. The van der Waals surface area contributed by atoms with E-state index in [2.05, 4.69) is 27.9 Å². The van der Waals surface area contributed by atoms with Gasteiger partial charge in [0.25, 0.3) is 5.91 Å². The zero-order chi connectivity index (χ0) is 25.1. The maximum Gasteiger partial charge on any atom is 0.290 e. The van der Waals surface area contributed by atoms with Gasteiger partial charge < -0.3 is 29.9 Å². The maximum absolute atomic E-state index is 13.0. The SMILES string of the molecule is CCOCCCN(C(=O)C(=O)CC)C1CC(C(=O)NCCO)=CC(Oc2ccccc2I)C1O. The van der Waals surface area contributed by atoms with Gasteiger partial charge in [-0.3, -0.25) is 14.4 Å². The van der Waals surface area contributed by atoms with Crippen molar-refractivity contribution in [3.63, 3.8) is 0 Å². The summed E-state index contributed by atoms with van der Waals surface area (Å²) in [4.78, 5) is 39.4. The second-order valence-electron chi connectivity index (χ2n) is 7.77. The van der Waals surface area contributed by atoms with Crippen molar-refractivity contribution in [2.24, 2.45) is 0 Å². The molecule has 1 aromatic rings. The fourth-order valence-corrected chi connectivity index (χ4v) is 4.19. The molecule has 10 heteroatoms. The minimum atomic E-state index is -1.17. The van der Waals surface area contributed by atoms with E-state index in [0.717, 1.165) is 3.57 Å². The number of ketones is 1. The van der Waals surface area contributed by atoms with E-state index in [1.165, 1.54) is 4.90 Å². The van der Waals surface area contributed by atoms with Crippen LogP contribution in [0.4, 0.5) is 0 Å². The van der Waals surface area contributed by atoms with Crippen LogP contribution in [0.15, 0.2) is 35.9 Å². The van der Waals surface area contributed by atoms with Crippen molar-refractivity contribution in [2.75, 3.05) is 32.9 Å². The zero-order valence-electron chi connectivity index (χ0n) is 19.5. The number of halogens is 1. The monoisotopic (exact) mass is 588 g/mol. The fourth-order valence-electron chi connectivity index (χ4n) is 3.68. The number of amides is 2. The third-order valence-corrected chi connectivity index (χ3v) is 6.32. The summed E-state index contributed by atoms with van der Waals surface area (Å²) in [6.45, 7) is 4.42. The molecule has 0 aromatic heterocycles. The third kappa shape index (κ3) is 7.76. The fraction of sp³-hybridized carbons (Fsp3) is 0.542. The Kier molecular flexibility index (Phi) is 11.9. The van der Waals surface area contributed by atoms with Crippen LogP contribution >= 0.6 is 22.6 Å². The van der Waals surface area contributed by atoms with Crippen molar-refractivity contribution in [1.29, 1.82) is 0 Å². The Morgan fingerprint density at radius 2 is 1.97 bits per heavy atom. The Morgan fingerprint density at radius 3 is 2.62 bits per heavy atom. The molecule has 34 heavy (non-hydrogen) atoms. The first-order valence-corrected chi connectivity index (χ1v) is 12.5. The number of aliphatic hydroxyl groups excluding tert-OH is 2. The summed E-state index contributed by atoms with van der Waals surface area (Å²) in [6, 6.07) is 6.41. The molecule has 3 unspecified atom stereocenters. The van der Waals surface area contributed by atoms with E-state index in [9.17, 15) is 19.5 Å². The summed E-state index contributed by atoms with van der Waals surface area (Å²) in [5, 5.41) is 22.9. The molecule has 1 aliphatic carbocycles. The van der Waals surface area contributed by atoms with Gasteiger partial charge >= 0.3 is 0 Å². The number of ether oxygens (including phenoxy) is 2. The molecule has 9 nitrogen and oxygen atoms in total. The quantitative estimate of drug-likeness (QED) is 0.181. The lowest BCUT2D eigenvalue weighted by atomic mass is 9.87. The number of nitrogens with zero attached hydrogens (tertiary/aromatic N) is 1. The number of hydrogen-bond acceptors (Lipinski definition) is 7. The number of nitrogens with one attached hydrogen (secondary N) is 1. The van der Waals surface area contributed by atoms with E-state index in [1.54, 1.807) is 25.1 Å². The van der Waals surface area contributed by atoms with Crippen molar-refractivity contribution in [3.8, 4) is 5.75 Å². The summed E-state index contributed by atoms with van der Waals surface area (Å²) >= 11 is 2.11. The van der Waals surface area contributed by atoms with Gasteiger partial charge in [-0.25, -0.2) is 0 Å². The Hall–Kier alpha value is -2.02. The molecule has 3 atom stereocenters. The molecular weight excluding hydrogens is 555 g/mol. The number of hydrogen-bond donors (Lipinski definition) is 3. The van der Waals surface area contributed by atoms with Crippen LogP contribution in [0, 0.1) is 3.57 Å². The first-order valence-electron chi connectivity index (χ1n) is 11.4. The lowest BCUT2D eigenvalue weighted by Crippen LogP contribution is -2.56. The number of para-hydroxylation sites is 1.